The van der Waals surface area contributed by atoms with Crippen LogP contribution in [0.25, 0.3) is 0 Å². The smallest absolute Gasteiger partial charge is 0.258 e. The first-order chi connectivity index (χ1) is 7.64. The summed E-state index contributed by atoms with van der Waals surface area (Å²) in [6.07, 6.45) is -3.52. The van der Waals surface area contributed by atoms with Gasteiger partial charge in [0.15, 0.2) is 4.90 Å². The molecule has 94 valence electrons. The molecule has 0 aliphatic carbocycles. The van der Waals surface area contributed by atoms with Crippen LogP contribution in [0.3, 0.4) is 0 Å². The van der Waals surface area contributed by atoms with Crippen LogP contribution in [0.15, 0.2) is 11.0 Å². The minimum absolute atomic E-state index is 0.0984. The highest BCUT2D eigenvalue weighted by atomic mass is 35.7. The van der Waals surface area contributed by atoms with E-state index in [9.17, 15) is 31.7 Å². The summed E-state index contributed by atoms with van der Waals surface area (Å²) in [5, 5.41) is 10.4. The fourth-order valence-electron chi connectivity index (χ4n) is 1.04. The monoisotopic (exact) mass is 290 g/mol. The van der Waals surface area contributed by atoms with Gasteiger partial charge in [0.1, 0.15) is 5.69 Å². The van der Waals surface area contributed by atoms with Crippen LogP contribution in [0, 0.1) is 16.1 Å². The van der Waals surface area contributed by atoms with E-state index in [0.29, 0.717) is 0 Å². The van der Waals surface area contributed by atoms with Gasteiger partial charge >= 0.3 is 0 Å². The van der Waals surface area contributed by atoms with Crippen molar-refractivity contribution in [2.75, 3.05) is 0 Å². The van der Waals surface area contributed by atoms with Crippen molar-refractivity contribution in [3.8, 4) is 0 Å². The van der Waals surface area contributed by atoms with Crippen molar-refractivity contribution in [1.29, 1.82) is 0 Å². The Morgan fingerprint density at radius 3 is 2.35 bits per heavy atom. The molecular formula is C6H2ClF3N2O4S. The van der Waals surface area contributed by atoms with Gasteiger partial charge in [-0.1, -0.05) is 0 Å². The normalized spacial score (nSPS) is 11.8. The number of nitrogens with zero attached hydrogens (tertiary/aromatic N) is 2. The van der Waals surface area contributed by atoms with Crippen LogP contribution in [-0.2, 0) is 9.05 Å². The molecule has 0 N–H and O–H groups in total. The molecule has 0 fully saturated rings. The number of nitro groups is 1. The van der Waals surface area contributed by atoms with Gasteiger partial charge in [0.25, 0.3) is 21.2 Å². The van der Waals surface area contributed by atoms with Crippen LogP contribution in [0.5, 0.6) is 0 Å². The lowest BCUT2D eigenvalue weighted by atomic mass is 10.3. The third-order valence-corrected chi connectivity index (χ3v) is 2.96. The number of halogens is 4. The van der Waals surface area contributed by atoms with Crippen molar-refractivity contribution in [3.63, 3.8) is 0 Å². The summed E-state index contributed by atoms with van der Waals surface area (Å²) in [4.78, 5) is 10.2. The maximum atomic E-state index is 12.7. The topological polar surface area (TPSA) is 90.2 Å². The highest BCUT2D eigenvalue weighted by molar-refractivity contribution is 8.13. The lowest BCUT2D eigenvalue weighted by Gasteiger charge is -2.05. The average Bonchev–Trinajstić information content (AvgIpc) is 2.14. The van der Waals surface area contributed by atoms with E-state index < -0.39 is 42.6 Å². The number of hydrogen-bond donors (Lipinski definition) is 0. The molecule has 0 radical (unpaired) electrons. The highest BCUT2D eigenvalue weighted by Crippen LogP contribution is 2.34. The Kier molecular flexibility index (Phi) is 3.57. The van der Waals surface area contributed by atoms with Crippen LogP contribution in [0.1, 0.15) is 12.1 Å². The maximum absolute atomic E-state index is 12.7. The molecule has 0 saturated carbocycles. The Hall–Kier alpha value is -1.42. The minimum Gasteiger partial charge on any atom is -0.258 e. The van der Waals surface area contributed by atoms with Gasteiger partial charge in [-0.3, -0.25) is 10.1 Å². The second-order valence-corrected chi connectivity index (χ2v) is 5.18. The van der Waals surface area contributed by atoms with E-state index >= 15 is 0 Å². The van der Waals surface area contributed by atoms with E-state index in [-0.39, 0.29) is 6.07 Å². The lowest BCUT2D eigenvalue weighted by Crippen LogP contribution is -2.08. The number of rotatable bonds is 3. The fraction of sp³-hybridized carbons (Fsp3) is 0.167. The van der Waals surface area contributed by atoms with Gasteiger partial charge in [-0.05, 0) is 0 Å². The zero-order chi connectivity index (χ0) is 13.4. The summed E-state index contributed by atoms with van der Waals surface area (Å²) in [7, 11) is -0.0682. The van der Waals surface area contributed by atoms with Crippen molar-refractivity contribution < 1.29 is 26.5 Å². The zero-order valence-corrected chi connectivity index (χ0v) is 9.17. The molecular weight excluding hydrogens is 289 g/mol. The van der Waals surface area contributed by atoms with Crippen molar-refractivity contribution in [2.45, 2.75) is 11.3 Å². The Morgan fingerprint density at radius 1 is 1.47 bits per heavy atom. The van der Waals surface area contributed by atoms with Crippen molar-refractivity contribution in [2.24, 2.45) is 0 Å². The summed E-state index contributed by atoms with van der Waals surface area (Å²) in [5.74, 6) is -1.60. The molecule has 0 unspecified atom stereocenters. The first-order valence-electron chi connectivity index (χ1n) is 3.72. The second-order valence-electron chi connectivity index (χ2n) is 2.67. The molecule has 0 bridgehead atoms. The highest BCUT2D eigenvalue weighted by Gasteiger charge is 2.34. The molecule has 1 aromatic heterocycles. The number of alkyl halides is 2. The Labute approximate surface area is 96.6 Å². The summed E-state index contributed by atoms with van der Waals surface area (Å²) in [5.41, 5.74) is -2.98. The van der Waals surface area contributed by atoms with Crippen LogP contribution < -0.4 is 0 Å². The van der Waals surface area contributed by atoms with E-state index in [2.05, 4.69) is 4.98 Å². The molecule has 17 heavy (non-hydrogen) atoms. The van der Waals surface area contributed by atoms with Crippen molar-refractivity contribution >= 4 is 25.4 Å². The van der Waals surface area contributed by atoms with Crippen LogP contribution in [0.4, 0.5) is 18.9 Å². The third-order valence-electron chi connectivity index (χ3n) is 1.60. The lowest BCUT2D eigenvalue weighted by molar-refractivity contribution is -0.388. The summed E-state index contributed by atoms with van der Waals surface area (Å²) < 4.78 is 59.5. The van der Waals surface area contributed by atoms with Crippen LogP contribution in [0.2, 0.25) is 0 Å². The van der Waals surface area contributed by atoms with E-state index in [1.165, 1.54) is 0 Å². The quantitative estimate of drug-likeness (QED) is 0.367. The van der Waals surface area contributed by atoms with Crippen LogP contribution in [-0.4, -0.2) is 18.3 Å². The molecule has 11 heteroatoms. The predicted molar refractivity (Wildman–Crippen MR) is 48.8 cm³/mol. The van der Waals surface area contributed by atoms with Gasteiger partial charge in [0.2, 0.25) is 5.95 Å². The largest absolute Gasteiger partial charge is 0.295 e. The van der Waals surface area contributed by atoms with Gasteiger partial charge in [0, 0.05) is 10.7 Å². The summed E-state index contributed by atoms with van der Waals surface area (Å²) in [6, 6.07) is 0.0984. The van der Waals surface area contributed by atoms with E-state index in [1.807, 2.05) is 0 Å². The zero-order valence-electron chi connectivity index (χ0n) is 7.60. The van der Waals surface area contributed by atoms with E-state index in [1.54, 1.807) is 0 Å². The van der Waals surface area contributed by atoms with Gasteiger partial charge in [-0.25, -0.2) is 22.2 Å². The molecule has 6 nitrogen and oxygen atoms in total. The van der Waals surface area contributed by atoms with Crippen LogP contribution >= 0.6 is 10.7 Å². The minimum atomic E-state index is -4.85. The summed E-state index contributed by atoms with van der Waals surface area (Å²) >= 11 is 0. The standard InChI is InChI=1S/C6H2ClF3N2O4S/c7-17(15,16)5-2(12(13)14)1-3(8)11-4(5)6(9)10/h1,6H. The van der Waals surface area contributed by atoms with E-state index in [4.69, 9.17) is 10.7 Å². The molecule has 0 atom stereocenters. The third kappa shape index (κ3) is 2.82. The van der Waals surface area contributed by atoms with Crippen molar-refractivity contribution in [3.05, 3.63) is 27.8 Å². The summed E-state index contributed by atoms with van der Waals surface area (Å²) in [6.45, 7) is 0. The SMILES string of the molecule is O=[N+]([O-])c1cc(F)nc(C(F)F)c1S(=O)(=O)Cl. The number of hydrogen-bond acceptors (Lipinski definition) is 5. The van der Waals surface area contributed by atoms with E-state index in [0.717, 1.165) is 0 Å². The molecule has 1 aromatic rings. The van der Waals surface area contributed by atoms with Gasteiger partial charge in [-0.15, -0.1) is 0 Å². The first-order valence-corrected chi connectivity index (χ1v) is 6.03. The molecule has 1 heterocycles. The molecule has 0 aliphatic heterocycles. The molecule has 0 aromatic carbocycles. The van der Waals surface area contributed by atoms with Gasteiger partial charge in [0.05, 0.1) is 11.0 Å². The molecule has 0 saturated heterocycles. The molecule has 0 aliphatic rings. The van der Waals surface area contributed by atoms with Crippen molar-refractivity contribution in [1.82, 2.24) is 4.98 Å². The van der Waals surface area contributed by atoms with Gasteiger partial charge < -0.3 is 0 Å². The molecule has 1 rings (SSSR count). The van der Waals surface area contributed by atoms with Gasteiger partial charge in [-0.2, -0.15) is 4.39 Å². The first kappa shape index (κ1) is 13.6. The number of aromatic nitrogens is 1. The second kappa shape index (κ2) is 4.45. The fourth-order valence-corrected chi connectivity index (χ4v) is 2.28. The average molecular weight is 291 g/mol. The Balaban J connectivity index is 3.79. The predicted octanol–water partition coefficient (Wildman–Crippen LogP) is 1.99. The number of pyridine rings is 1. The maximum Gasteiger partial charge on any atom is 0.295 e. The Bertz CT molecular complexity index is 577. The molecule has 0 spiro atoms. The Morgan fingerprint density at radius 2 is 2.00 bits per heavy atom. The molecule has 0 amide bonds.